The summed E-state index contributed by atoms with van der Waals surface area (Å²) in [5, 5.41) is 0.468. The Kier molecular flexibility index (Phi) is 3.38. The summed E-state index contributed by atoms with van der Waals surface area (Å²) in [5.41, 5.74) is 7.28. The van der Waals surface area contributed by atoms with E-state index in [1.807, 2.05) is 19.1 Å². The summed E-state index contributed by atoms with van der Waals surface area (Å²) in [7, 11) is 1.59. The van der Waals surface area contributed by atoms with E-state index in [2.05, 4.69) is 4.98 Å². The van der Waals surface area contributed by atoms with Gasteiger partial charge in [0.1, 0.15) is 11.3 Å². The van der Waals surface area contributed by atoms with Crippen LogP contribution in [-0.4, -0.2) is 24.5 Å². The molecule has 2 aromatic rings. The van der Waals surface area contributed by atoms with E-state index < -0.39 is 0 Å². The Morgan fingerprint density at radius 3 is 2.83 bits per heavy atom. The predicted molar refractivity (Wildman–Crippen MR) is 74.3 cm³/mol. The third-order valence-corrected chi connectivity index (χ3v) is 3.62. The molecule has 1 heterocycles. The number of ether oxygens (including phenoxy) is 1. The molecule has 1 aromatic heterocycles. The van der Waals surface area contributed by atoms with Gasteiger partial charge in [0.15, 0.2) is 5.13 Å². The van der Waals surface area contributed by atoms with E-state index in [0.29, 0.717) is 22.9 Å². The highest BCUT2D eigenvalue weighted by Gasteiger charge is 2.17. The number of hydrogen-bond acceptors (Lipinski definition) is 5. The number of nitrogens with zero attached hydrogens (tertiary/aromatic N) is 2. The summed E-state index contributed by atoms with van der Waals surface area (Å²) >= 11 is 1.36. The van der Waals surface area contributed by atoms with Crippen molar-refractivity contribution in [1.82, 2.24) is 4.98 Å². The minimum atomic E-state index is -0.00376. The number of anilines is 2. The summed E-state index contributed by atoms with van der Waals surface area (Å²) in [5.74, 6) is 0.664. The Morgan fingerprint density at radius 2 is 2.28 bits per heavy atom. The number of nitrogens with two attached hydrogens (primary N) is 1. The maximum absolute atomic E-state index is 11.6. The Bertz CT molecular complexity index is 594. The minimum absolute atomic E-state index is 0.00376. The van der Waals surface area contributed by atoms with Crippen LogP contribution in [0.2, 0.25) is 0 Å². The zero-order valence-electron chi connectivity index (χ0n) is 10.6. The molecule has 0 unspecified atom stereocenters. The molecule has 0 aliphatic heterocycles. The maximum Gasteiger partial charge on any atom is 0.223 e. The molecule has 0 fully saturated rings. The van der Waals surface area contributed by atoms with Gasteiger partial charge in [-0.05, 0) is 19.1 Å². The smallest absolute Gasteiger partial charge is 0.223 e. The highest BCUT2D eigenvalue weighted by molar-refractivity contribution is 7.22. The van der Waals surface area contributed by atoms with Crippen LogP contribution in [0.5, 0.6) is 5.75 Å². The van der Waals surface area contributed by atoms with Crippen LogP contribution >= 0.6 is 11.3 Å². The first-order chi connectivity index (χ1) is 8.58. The molecule has 0 saturated heterocycles. The number of amides is 1. The van der Waals surface area contributed by atoms with Crippen LogP contribution in [0.4, 0.5) is 10.8 Å². The van der Waals surface area contributed by atoms with Crippen molar-refractivity contribution in [3.05, 3.63) is 12.1 Å². The number of methoxy groups -OCH3 is 1. The van der Waals surface area contributed by atoms with Crippen LogP contribution in [0.15, 0.2) is 12.1 Å². The topological polar surface area (TPSA) is 68.5 Å². The van der Waals surface area contributed by atoms with Gasteiger partial charge in [0.25, 0.3) is 0 Å². The van der Waals surface area contributed by atoms with Crippen molar-refractivity contribution in [2.24, 2.45) is 0 Å². The van der Waals surface area contributed by atoms with Crippen LogP contribution in [0.3, 0.4) is 0 Å². The summed E-state index contributed by atoms with van der Waals surface area (Å²) in [6.07, 6.45) is 0. The second-order valence-electron chi connectivity index (χ2n) is 3.78. The Balaban J connectivity index is 2.69. The molecule has 6 heteroatoms. The van der Waals surface area contributed by atoms with Crippen LogP contribution in [0.1, 0.15) is 13.8 Å². The summed E-state index contributed by atoms with van der Waals surface area (Å²) < 4.78 is 6.13. The lowest BCUT2D eigenvalue weighted by Gasteiger charge is -2.19. The monoisotopic (exact) mass is 265 g/mol. The molecule has 96 valence electrons. The molecule has 0 aliphatic rings. The number of thiazole rings is 1. The van der Waals surface area contributed by atoms with Gasteiger partial charge in [0.2, 0.25) is 5.91 Å². The van der Waals surface area contributed by atoms with Crippen molar-refractivity contribution in [3.63, 3.8) is 0 Å². The van der Waals surface area contributed by atoms with Gasteiger partial charge in [-0.3, -0.25) is 4.79 Å². The van der Waals surface area contributed by atoms with E-state index in [1.54, 1.807) is 18.9 Å². The fourth-order valence-electron chi connectivity index (χ4n) is 1.93. The summed E-state index contributed by atoms with van der Waals surface area (Å²) in [4.78, 5) is 17.6. The Labute approximate surface area is 109 Å². The third-order valence-electron chi connectivity index (χ3n) is 2.71. The van der Waals surface area contributed by atoms with Gasteiger partial charge in [-0.25, -0.2) is 4.98 Å². The van der Waals surface area contributed by atoms with E-state index in [0.717, 1.165) is 10.4 Å². The van der Waals surface area contributed by atoms with Crippen LogP contribution < -0.4 is 15.4 Å². The molecular weight excluding hydrogens is 250 g/mol. The zero-order chi connectivity index (χ0) is 13.3. The number of benzene rings is 1. The lowest BCUT2D eigenvalue weighted by Crippen LogP contribution is -2.27. The first-order valence-corrected chi connectivity index (χ1v) is 6.41. The van der Waals surface area contributed by atoms with Gasteiger partial charge in [0, 0.05) is 13.5 Å². The number of hydrogen-bond donors (Lipinski definition) is 1. The van der Waals surface area contributed by atoms with Crippen molar-refractivity contribution in [2.45, 2.75) is 13.8 Å². The van der Waals surface area contributed by atoms with Crippen molar-refractivity contribution in [3.8, 4) is 5.75 Å². The number of carbonyl (C=O) groups is 1. The fraction of sp³-hybridized carbons (Fsp3) is 0.333. The molecule has 0 saturated carbocycles. The van der Waals surface area contributed by atoms with E-state index in [-0.39, 0.29) is 5.91 Å². The first kappa shape index (κ1) is 12.6. The molecule has 1 aromatic carbocycles. The molecule has 2 rings (SSSR count). The molecule has 0 aliphatic carbocycles. The van der Waals surface area contributed by atoms with Gasteiger partial charge >= 0.3 is 0 Å². The standard InChI is InChI=1S/C12H15N3O2S/c1-4-15(7(2)16)8-5-6-9(17-3)10-11(8)18-12(13)14-10/h5-6H,4H2,1-3H3,(H2,13,14). The zero-order valence-corrected chi connectivity index (χ0v) is 11.4. The quantitative estimate of drug-likeness (QED) is 0.924. The third kappa shape index (κ3) is 1.99. The molecular formula is C12H15N3O2S. The van der Waals surface area contributed by atoms with E-state index in [1.165, 1.54) is 11.3 Å². The summed E-state index contributed by atoms with van der Waals surface area (Å²) in [6.45, 7) is 4.08. The van der Waals surface area contributed by atoms with Gasteiger partial charge in [-0.15, -0.1) is 0 Å². The highest BCUT2D eigenvalue weighted by Crippen LogP contribution is 2.38. The van der Waals surface area contributed by atoms with Crippen molar-refractivity contribution in [2.75, 3.05) is 24.3 Å². The lowest BCUT2D eigenvalue weighted by molar-refractivity contribution is -0.116. The number of aromatic nitrogens is 1. The normalized spacial score (nSPS) is 10.6. The molecule has 18 heavy (non-hydrogen) atoms. The Morgan fingerprint density at radius 1 is 1.56 bits per heavy atom. The molecule has 0 radical (unpaired) electrons. The SMILES string of the molecule is CCN(C(C)=O)c1ccc(OC)c2nc(N)sc12. The van der Waals surface area contributed by atoms with Crippen LogP contribution in [0, 0.1) is 0 Å². The predicted octanol–water partition coefficient (Wildman–Crippen LogP) is 2.26. The largest absolute Gasteiger partial charge is 0.494 e. The first-order valence-electron chi connectivity index (χ1n) is 5.59. The van der Waals surface area contributed by atoms with Gasteiger partial charge in [-0.2, -0.15) is 0 Å². The fourth-order valence-corrected chi connectivity index (χ4v) is 2.80. The van der Waals surface area contributed by atoms with Gasteiger partial charge < -0.3 is 15.4 Å². The molecule has 0 atom stereocenters. The van der Waals surface area contributed by atoms with Crippen molar-refractivity contribution < 1.29 is 9.53 Å². The number of fused-ring (bicyclic) bond motifs is 1. The van der Waals surface area contributed by atoms with E-state index >= 15 is 0 Å². The lowest BCUT2D eigenvalue weighted by atomic mass is 10.2. The van der Waals surface area contributed by atoms with E-state index in [4.69, 9.17) is 10.5 Å². The summed E-state index contributed by atoms with van der Waals surface area (Å²) in [6, 6.07) is 3.67. The number of rotatable bonds is 3. The highest BCUT2D eigenvalue weighted by atomic mass is 32.1. The minimum Gasteiger partial charge on any atom is -0.494 e. The van der Waals surface area contributed by atoms with Gasteiger partial charge in [-0.1, -0.05) is 11.3 Å². The van der Waals surface area contributed by atoms with Crippen molar-refractivity contribution in [1.29, 1.82) is 0 Å². The van der Waals surface area contributed by atoms with Crippen LogP contribution in [-0.2, 0) is 4.79 Å². The number of nitrogen functional groups attached to an aromatic ring is 1. The average Bonchev–Trinajstić information content (AvgIpc) is 2.71. The van der Waals surface area contributed by atoms with Crippen LogP contribution in [0.25, 0.3) is 10.2 Å². The maximum atomic E-state index is 11.6. The number of carbonyl (C=O) groups excluding carboxylic acids is 1. The second kappa shape index (κ2) is 4.81. The molecule has 1 amide bonds. The van der Waals surface area contributed by atoms with Crippen molar-refractivity contribution >= 4 is 38.3 Å². The van der Waals surface area contributed by atoms with Gasteiger partial charge in [0.05, 0.1) is 17.5 Å². The van der Waals surface area contributed by atoms with E-state index in [9.17, 15) is 4.79 Å². The second-order valence-corrected chi connectivity index (χ2v) is 4.81. The average molecular weight is 265 g/mol. The molecule has 0 bridgehead atoms. The molecule has 5 nitrogen and oxygen atoms in total. The molecule has 0 spiro atoms. The Hall–Kier alpha value is -1.82. The molecule has 2 N–H and O–H groups in total.